The first-order chi connectivity index (χ1) is 9.08. The van der Waals surface area contributed by atoms with E-state index in [0.717, 1.165) is 31.7 Å². The van der Waals surface area contributed by atoms with Crippen molar-refractivity contribution in [2.24, 2.45) is 0 Å². The van der Waals surface area contributed by atoms with Crippen molar-refractivity contribution >= 4 is 21.6 Å². The van der Waals surface area contributed by atoms with Gasteiger partial charge >= 0.3 is 0 Å². The number of likely N-dealkylation sites (N-methyl/N-ethyl adjacent to an activating group) is 1. The van der Waals surface area contributed by atoms with Gasteiger partial charge in [-0.2, -0.15) is 0 Å². The number of nitrogens with zero attached hydrogens (tertiary/aromatic N) is 2. The standard InChI is InChI=1S/C13H20BrN3O2/c1-3-16(4-2)8-7-15-10-11-5-6-12(14)13(9-11)17(18)19/h5-6,9,15H,3-4,7-8,10H2,1-2H3. The summed E-state index contributed by atoms with van der Waals surface area (Å²) in [7, 11) is 0. The molecule has 0 saturated heterocycles. The van der Waals surface area contributed by atoms with E-state index >= 15 is 0 Å². The summed E-state index contributed by atoms with van der Waals surface area (Å²) in [4.78, 5) is 12.8. The highest BCUT2D eigenvalue weighted by Gasteiger charge is 2.11. The Morgan fingerprint density at radius 3 is 2.63 bits per heavy atom. The van der Waals surface area contributed by atoms with Crippen LogP contribution in [0.2, 0.25) is 0 Å². The SMILES string of the molecule is CCN(CC)CCNCc1ccc(Br)c([N+](=O)[O-])c1. The van der Waals surface area contributed by atoms with Crippen LogP contribution in [0.15, 0.2) is 22.7 Å². The molecular weight excluding hydrogens is 310 g/mol. The fourth-order valence-corrected chi connectivity index (χ4v) is 2.21. The molecule has 0 atom stereocenters. The Labute approximate surface area is 122 Å². The molecule has 1 rings (SSSR count). The quantitative estimate of drug-likeness (QED) is 0.452. The molecule has 0 radical (unpaired) electrons. The summed E-state index contributed by atoms with van der Waals surface area (Å²) in [6.07, 6.45) is 0. The van der Waals surface area contributed by atoms with E-state index in [4.69, 9.17) is 0 Å². The van der Waals surface area contributed by atoms with E-state index in [1.165, 1.54) is 0 Å². The highest BCUT2D eigenvalue weighted by atomic mass is 79.9. The topological polar surface area (TPSA) is 58.4 Å². The van der Waals surface area contributed by atoms with Crippen LogP contribution in [0, 0.1) is 10.1 Å². The molecule has 1 aromatic carbocycles. The maximum absolute atomic E-state index is 10.8. The zero-order valence-electron chi connectivity index (χ0n) is 11.4. The van der Waals surface area contributed by atoms with Crippen molar-refractivity contribution in [1.82, 2.24) is 10.2 Å². The van der Waals surface area contributed by atoms with E-state index in [0.29, 0.717) is 11.0 Å². The number of nitrogens with one attached hydrogen (secondary N) is 1. The molecule has 0 heterocycles. The second kappa shape index (κ2) is 8.24. The summed E-state index contributed by atoms with van der Waals surface area (Å²) in [5, 5.41) is 14.1. The maximum Gasteiger partial charge on any atom is 0.283 e. The number of halogens is 1. The van der Waals surface area contributed by atoms with Gasteiger partial charge in [0.05, 0.1) is 9.40 Å². The van der Waals surface area contributed by atoms with Gasteiger partial charge in [-0.3, -0.25) is 10.1 Å². The van der Waals surface area contributed by atoms with Crippen LogP contribution in [-0.4, -0.2) is 36.0 Å². The molecule has 1 N–H and O–H groups in total. The average Bonchev–Trinajstić information content (AvgIpc) is 2.40. The summed E-state index contributed by atoms with van der Waals surface area (Å²) >= 11 is 3.18. The van der Waals surface area contributed by atoms with Gasteiger partial charge in [0.1, 0.15) is 0 Å². The molecule has 106 valence electrons. The van der Waals surface area contributed by atoms with Crippen LogP contribution in [0.5, 0.6) is 0 Å². The zero-order valence-corrected chi connectivity index (χ0v) is 12.9. The van der Waals surface area contributed by atoms with Crippen molar-refractivity contribution in [2.45, 2.75) is 20.4 Å². The Morgan fingerprint density at radius 1 is 1.37 bits per heavy atom. The van der Waals surface area contributed by atoms with Crippen molar-refractivity contribution in [2.75, 3.05) is 26.2 Å². The van der Waals surface area contributed by atoms with E-state index in [-0.39, 0.29) is 10.6 Å². The summed E-state index contributed by atoms with van der Waals surface area (Å²) < 4.78 is 0.518. The Kier molecular flexibility index (Phi) is 6.97. The molecule has 19 heavy (non-hydrogen) atoms. The number of hydrogen-bond donors (Lipinski definition) is 1. The largest absolute Gasteiger partial charge is 0.311 e. The van der Waals surface area contributed by atoms with Crippen LogP contribution in [0.25, 0.3) is 0 Å². The van der Waals surface area contributed by atoms with Gasteiger partial charge in [-0.1, -0.05) is 19.9 Å². The molecule has 0 fully saturated rings. The van der Waals surface area contributed by atoms with Gasteiger partial charge < -0.3 is 10.2 Å². The highest BCUT2D eigenvalue weighted by Crippen LogP contribution is 2.25. The van der Waals surface area contributed by atoms with Gasteiger partial charge in [-0.05, 0) is 40.6 Å². The number of rotatable bonds is 8. The lowest BCUT2D eigenvalue weighted by Crippen LogP contribution is -2.31. The summed E-state index contributed by atoms with van der Waals surface area (Å²) in [5.41, 5.74) is 1.04. The van der Waals surface area contributed by atoms with Crippen LogP contribution in [0.1, 0.15) is 19.4 Å². The molecule has 0 aromatic heterocycles. The van der Waals surface area contributed by atoms with Crippen LogP contribution >= 0.6 is 15.9 Å². The second-order valence-corrected chi connectivity index (χ2v) is 5.10. The number of nitro benzene ring substituents is 1. The van der Waals surface area contributed by atoms with Gasteiger partial charge in [0.2, 0.25) is 0 Å². The molecule has 1 aromatic rings. The van der Waals surface area contributed by atoms with E-state index in [9.17, 15) is 10.1 Å². The lowest BCUT2D eigenvalue weighted by atomic mass is 10.2. The van der Waals surface area contributed by atoms with Gasteiger partial charge in [0.25, 0.3) is 5.69 Å². The molecule has 0 aliphatic heterocycles. The summed E-state index contributed by atoms with van der Waals surface area (Å²) in [6, 6.07) is 5.22. The van der Waals surface area contributed by atoms with Crippen LogP contribution < -0.4 is 5.32 Å². The van der Waals surface area contributed by atoms with Crippen molar-refractivity contribution in [3.8, 4) is 0 Å². The van der Waals surface area contributed by atoms with Crippen LogP contribution in [0.3, 0.4) is 0 Å². The third-order valence-electron chi connectivity index (χ3n) is 3.04. The third-order valence-corrected chi connectivity index (χ3v) is 3.71. The van der Waals surface area contributed by atoms with E-state index in [1.807, 2.05) is 6.07 Å². The predicted octanol–water partition coefficient (Wildman–Crippen LogP) is 2.79. The Morgan fingerprint density at radius 2 is 2.05 bits per heavy atom. The molecule has 0 unspecified atom stereocenters. The van der Waals surface area contributed by atoms with Crippen molar-refractivity contribution in [3.63, 3.8) is 0 Å². The summed E-state index contributed by atoms with van der Waals surface area (Å²) in [5.74, 6) is 0. The van der Waals surface area contributed by atoms with E-state index in [1.54, 1.807) is 12.1 Å². The molecule has 5 nitrogen and oxygen atoms in total. The zero-order chi connectivity index (χ0) is 14.3. The van der Waals surface area contributed by atoms with Gasteiger partial charge in [-0.25, -0.2) is 0 Å². The molecule has 6 heteroatoms. The monoisotopic (exact) mass is 329 g/mol. The molecule has 0 aliphatic rings. The minimum Gasteiger partial charge on any atom is -0.311 e. The first-order valence-corrected chi connectivity index (χ1v) is 7.23. The third kappa shape index (κ3) is 5.26. The molecule has 0 amide bonds. The molecular formula is C13H20BrN3O2. The lowest BCUT2D eigenvalue weighted by molar-refractivity contribution is -0.385. The smallest absolute Gasteiger partial charge is 0.283 e. The average molecular weight is 330 g/mol. The fraction of sp³-hybridized carbons (Fsp3) is 0.538. The number of nitro groups is 1. The van der Waals surface area contributed by atoms with Crippen molar-refractivity contribution < 1.29 is 4.92 Å². The summed E-state index contributed by atoms with van der Waals surface area (Å²) in [6.45, 7) is 8.89. The normalized spacial score (nSPS) is 10.9. The van der Waals surface area contributed by atoms with Gasteiger partial charge in [0.15, 0.2) is 0 Å². The molecule has 0 saturated carbocycles. The Balaban J connectivity index is 2.46. The fourth-order valence-electron chi connectivity index (χ4n) is 1.82. The minimum absolute atomic E-state index is 0.114. The minimum atomic E-state index is -0.372. The first-order valence-electron chi connectivity index (χ1n) is 6.44. The van der Waals surface area contributed by atoms with E-state index in [2.05, 4.69) is 40.0 Å². The molecule has 0 spiro atoms. The molecule has 0 aliphatic carbocycles. The number of benzene rings is 1. The maximum atomic E-state index is 10.8. The van der Waals surface area contributed by atoms with Gasteiger partial charge in [-0.15, -0.1) is 0 Å². The number of hydrogen-bond acceptors (Lipinski definition) is 4. The Bertz CT molecular complexity index is 422. The predicted molar refractivity (Wildman–Crippen MR) is 80.3 cm³/mol. The van der Waals surface area contributed by atoms with Gasteiger partial charge in [0, 0.05) is 25.7 Å². The van der Waals surface area contributed by atoms with Crippen molar-refractivity contribution in [3.05, 3.63) is 38.3 Å². The Hall–Kier alpha value is -0.980. The second-order valence-electron chi connectivity index (χ2n) is 4.25. The first kappa shape index (κ1) is 16.1. The molecule has 0 bridgehead atoms. The van der Waals surface area contributed by atoms with Crippen molar-refractivity contribution in [1.29, 1.82) is 0 Å². The highest BCUT2D eigenvalue weighted by molar-refractivity contribution is 9.10. The van der Waals surface area contributed by atoms with Crippen LogP contribution in [0.4, 0.5) is 5.69 Å². The van der Waals surface area contributed by atoms with Crippen LogP contribution in [-0.2, 0) is 6.54 Å². The lowest BCUT2D eigenvalue weighted by Gasteiger charge is -2.17. The van der Waals surface area contributed by atoms with E-state index < -0.39 is 0 Å².